The monoisotopic (exact) mass is 295 g/mol. The Hall–Kier alpha value is -1.49. The molecule has 3 nitrogen and oxygen atoms in total. The second-order valence-corrected chi connectivity index (χ2v) is 6.92. The number of carbonyl (C=O) groups is 1. The lowest BCUT2D eigenvalue weighted by Crippen LogP contribution is -2.40. The maximum absolute atomic E-state index is 13.4. The van der Waals surface area contributed by atoms with Gasteiger partial charge in [0.2, 0.25) is 0 Å². The van der Waals surface area contributed by atoms with E-state index in [-0.39, 0.29) is 5.82 Å². The van der Waals surface area contributed by atoms with Crippen LogP contribution in [0.4, 0.5) is 10.1 Å². The molecule has 1 N–H and O–H groups in total. The molecule has 20 heavy (non-hydrogen) atoms. The molecule has 0 bridgehead atoms. The molecule has 0 aromatic heterocycles. The first-order valence-corrected chi connectivity index (χ1v) is 7.51. The summed E-state index contributed by atoms with van der Waals surface area (Å²) < 4.78 is 13.4. The number of carboxylic acid groups (broad SMARTS) is 1. The zero-order valence-corrected chi connectivity index (χ0v) is 12.4. The molecule has 1 heterocycles. The van der Waals surface area contributed by atoms with Gasteiger partial charge in [-0.1, -0.05) is 13.8 Å². The molecule has 0 radical (unpaired) electrons. The smallest absolute Gasteiger partial charge is 0.328 e. The van der Waals surface area contributed by atoms with Crippen LogP contribution in [0.3, 0.4) is 0 Å². The number of hydrogen-bond donors (Lipinski definition) is 1. The molecular formula is C15H18FNO2S. The van der Waals surface area contributed by atoms with E-state index in [2.05, 4.69) is 18.7 Å². The number of nitrogens with zero attached hydrogens (tertiary/aromatic N) is 1. The van der Waals surface area contributed by atoms with Crippen molar-refractivity contribution in [1.82, 2.24) is 0 Å². The highest BCUT2D eigenvalue weighted by Gasteiger charge is 2.23. The Labute approximate surface area is 122 Å². The zero-order chi connectivity index (χ0) is 14.7. The molecule has 0 aliphatic carbocycles. The van der Waals surface area contributed by atoms with Crippen molar-refractivity contribution in [2.75, 3.05) is 18.0 Å². The Morgan fingerprint density at radius 3 is 2.65 bits per heavy atom. The van der Waals surface area contributed by atoms with E-state index in [1.54, 1.807) is 6.07 Å². The predicted molar refractivity (Wildman–Crippen MR) is 81.8 cm³/mol. The summed E-state index contributed by atoms with van der Waals surface area (Å²) in [6.45, 7) is 6.11. The van der Waals surface area contributed by atoms with E-state index in [1.807, 2.05) is 11.8 Å². The minimum atomic E-state index is -1.03. The van der Waals surface area contributed by atoms with Gasteiger partial charge < -0.3 is 10.0 Å². The van der Waals surface area contributed by atoms with Gasteiger partial charge in [0.1, 0.15) is 5.82 Å². The standard InChI is InChI=1S/C15H18FNO2S/c1-10-8-17(9-11(2)20-10)14-5-4-13(16)7-12(14)3-6-15(18)19/h3-7,10-11H,8-9H2,1-2H3,(H,18,19). The molecule has 0 saturated carbocycles. The van der Waals surface area contributed by atoms with E-state index >= 15 is 0 Å². The van der Waals surface area contributed by atoms with Crippen LogP contribution in [-0.2, 0) is 4.79 Å². The minimum absolute atomic E-state index is 0.355. The van der Waals surface area contributed by atoms with Crippen molar-refractivity contribution in [3.63, 3.8) is 0 Å². The lowest BCUT2D eigenvalue weighted by Gasteiger charge is -2.37. The number of hydrogen-bond acceptors (Lipinski definition) is 3. The number of rotatable bonds is 3. The quantitative estimate of drug-likeness (QED) is 0.869. The molecule has 0 spiro atoms. The van der Waals surface area contributed by atoms with E-state index in [0.29, 0.717) is 16.1 Å². The van der Waals surface area contributed by atoms with Gasteiger partial charge in [0.25, 0.3) is 0 Å². The average Bonchev–Trinajstić information content (AvgIpc) is 2.35. The van der Waals surface area contributed by atoms with Gasteiger partial charge in [0.15, 0.2) is 0 Å². The van der Waals surface area contributed by atoms with Gasteiger partial charge in [-0.3, -0.25) is 0 Å². The first kappa shape index (κ1) is 14.9. The highest BCUT2D eigenvalue weighted by Crippen LogP contribution is 2.31. The highest BCUT2D eigenvalue weighted by atomic mass is 32.2. The second kappa shape index (κ2) is 6.31. The van der Waals surface area contributed by atoms with Crippen molar-refractivity contribution in [2.45, 2.75) is 24.3 Å². The molecule has 108 valence electrons. The van der Waals surface area contributed by atoms with Crippen molar-refractivity contribution in [3.05, 3.63) is 35.7 Å². The van der Waals surface area contributed by atoms with Crippen molar-refractivity contribution in [3.8, 4) is 0 Å². The van der Waals surface area contributed by atoms with Crippen LogP contribution in [0.1, 0.15) is 19.4 Å². The topological polar surface area (TPSA) is 40.5 Å². The van der Waals surface area contributed by atoms with Crippen LogP contribution in [0, 0.1) is 5.82 Å². The SMILES string of the molecule is CC1CN(c2ccc(F)cc2C=CC(=O)O)CC(C)S1. The van der Waals surface area contributed by atoms with Crippen LogP contribution < -0.4 is 4.90 Å². The molecule has 1 aliphatic rings. The molecule has 5 heteroatoms. The van der Waals surface area contributed by atoms with Crippen molar-refractivity contribution < 1.29 is 14.3 Å². The Kier molecular flexibility index (Phi) is 4.70. The molecule has 1 fully saturated rings. The van der Waals surface area contributed by atoms with E-state index in [0.717, 1.165) is 24.9 Å². The number of aliphatic carboxylic acids is 1. The second-order valence-electron chi connectivity index (χ2n) is 5.04. The summed E-state index contributed by atoms with van der Waals surface area (Å²) in [6.07, 6.45) is 2.50. The Morgan fingerprint density at radius 1 is 1.40 bits per heavy atom. The van der Waals surface area contributed by atoms with Gasteiger partial charge in [-0.2, -0.15) is 11.8 Å². The molecule has 1 aromatic carbocycles. The van der Waals surface area contributed by atoms with Crippen molar-refractivity contribution in [2.24, 2.45) is 0 Å². The van der Waals surface area contributed by atoms with Gasteiger partial charge >= 0.3 is 5.97 Å². The molecule has 2 atom stereocenters. The summed E-state index contributed by atoms with van der Waals surface area (Å²) in [4.78, 5) is 12.9. The van der Waals surface area contributed by atoms with E-state index < -0.39 is 5.97 Å². The Bertz CT molecular complexity index is 523. The Morgan fingerprint density at radius 2 is 2.05 bits per heavy atom. The van der Waals surface area contributed by atoms with E-state index in [4.69, 9.17) is 5.11 Å². The number of carboxylic acids is 1. The molecule has 2 unspecified atom stereocenters. The van der Waals surface area contributed by atoms with E-state index in [1.165, 1.54) is 18.2 Å². The summed E-state index contributed by atoms with van der Waals surface area (Å²) in [7, 11) is 0. The zero-order valence-electron chi connectivity index (χ0n) is 11.5. The van der Waals surface area contributed by atoms with Crippen LogP contribution in [-0.4, -0.2) is 34.7 Å². The van der Waals surface area contributed by atoms with Gasteiger partial charge in [0.05, 0.1) is 0 Å². The van der Waals surface area contributed by atoms with Crippen LogP contribution in [0.2, 0.25) is 0 Å². The third kappa shape index (κ3) is 3.76. The average molecular weight is 295 g/mol. The molecule has 0 amide bonds. The first-order valence-electron chi connectivity index (χ1n) is 6.56. The summed E-state index contributed by atoms with van der Waals surface area (Å²) in [5.41, 5.74) is 1.50. The number of anilines is 1. The number of thioether (sulfide) groups is 1. The third-order valence-corrected chi connectivity index (χ3v) is 4.38. The summed E-state index contributed by atoms with van der Waals surface area (Å²) in [5, 5.41) is 9.73. The lowest BCUT2D eigenvalue weighted by molar-refractivity contribution is -0.131. The lowest BCUT2D eigenvalue weighted by atomic mass is 10.1. The molecule has 1 aliphatic heterocycles. The van der Waals surface area contributed by atoms with Gasteiger partial charge in [-0.25, -0.2) is 9.18 Å². The molecule has 1 aromatic rings. The van der Waals surface area contributed by atoms with Gasteiger partial charge in [-0.15, -0.1) is 0 Å². The molecular weight excluding hydrogens is 277 g/mol. The van der Waals surface area contributed by atoms with Gasteiger partial charge in [-0.05, 0) is 24.3 Å². The van der Waals surface area contributed by atoms with Crippen LogP contribution >= 0.6 is 11.8 Å². The Balaban J connectivity index is 2.32. The normalized spacial score (nSPS) is 23.2. The van der Waals surface area contributed by atoms with Crippen LogP contribution in [0.25, 0.3) is 6.08 Å². The maximum atomic E-state index is 13.4. The van der Waals surface area contributed by atoms with Crippen molar-refractivity contribution in [1.29, 1.82) is 0 Å². The number of halogens is 1. The first-order chi connectivity index (χ1) is 9.45. The fraction of sp³-hybridized carbons (Fsp3) is 0.400. The summed E-state index contributed by atoms with van der Waals surface area (Å²) >= 11 is 1.94. The van der Waals surface area contributed by atoms with Crippen LogP contribution in [0.15, 0.2) is 24.3 Å². The third-order valence-electron chi connectivity index (χ3n) is 3.16. The molecule has 2 rings (SSSR count). The van der Waals surface area contributed by atoms with Crippen LogP contribution in [0.5, 0.6) is 0 Å². The number of benzene rings is 1. The van der Waals surface area contributed by atoms with E-state index in [9.17, 15) is 9.18 Å². The highest BCUT2D eigenvalue weighted by molar-refractivity contribution is 8.00. The fourth-order valence-corrected chi connectivity index (χ4v) is 3.81. The molecule has 1 saturated heterocycles. The van der Waals surface area contributed by atoms with Gasteiger partial charge in [0, 0.05) is 40.9 Å². The maximum Gasteiger partial charge on any atom is 0.328 e. The largest absolute Gasteiger partial charge is 0.478 e. The fourth-order valence-electron chi connectivity index (χ4n) is 2.48. The summed E-state index contributed by atoms with van der Waals surface area (Å²) in [5.74, 6) is -1.39. The summed E-state index contributed by atoms with van der Waals surface area (Å²) in [6, 6.07) is 4.53. The predicted octanol–water partition coefficient (Wildman–Crippen LogP) is 3.25. The van der Waals surface area contributed by atoms with Crippen molar-refractivity contribution >= 4 is 29.5 Å². The minimum Gasteiger partial charge on any atom is -0.478 e.